The van der Waals surface area contributed by atoms with Gasteiger partial charge in [-0.3, -0.25) is 0 Å². The number of hydrogen-bond acceptors (Lipinski definition) is 2. The predicted octanol–water partition coefficient (Wildman–Crippen LogP) is 13.1. The van der Waals surface area contributed by atoms with E-state index in [0.717, 1.165) is 25.7 Å². The Morgan fingerprint density at radius 1 is 0.346 bits per heavy atom. The molecule has 2 heteroatoms. The Morgan fingerprint density at radius 2 is 0.635 bits per heavy atom. The van der Waals surface area contributed by atoms with Gasteiger partial charge in [-0.1, -0.05) is 114 Å². The summed E-state index contributed by atoms with van der Waals surface area (Å²) in [6.07, 6.45) is 3.81. The zero-order valence-corrected chi connectivity index (χ0v) is 31.1. The van der Waals surface area contributed by atoms with Crippen LogP contribution in [0.1, 0.15) is 97.2 Å². The molecular formula is C50H44N2. The summed E-state index contributed by atoms with van der Waals surface area (Å²) < 4.78 is 0. The number of nitrogens with zero attached hydrogens (tertiary/aromatic N) is 2. The van der Waals surface area contributed by atoms with Crippen LogP contribution in [0.4, 0.5) is 34.1 Å². The minimum atomic E-state index is 0.0719. The molecule has 0 aliphatic carbocycles. The summed E-state index contributed by atoms with van der Waals surface area (Å²) in [5.74, 6) is 0. The summed E-state index contributed by atoms with van der Waals surface area (Å²) in [6, 6.07) is 42.7. The molecule has 4 aliphatic heterocycles. The van der Waals surface area contributed by atoms with Gasteiger partial charge in [-0.15, -0.1) is 0 Å². The van der Waals surface area contributed by atoms with Gasteiger partial charge in [0.1, 0.15) is 0 Å². The summed E-state index contributed by atoms with van der Waals surface area (Å²) in [5.41, 5.74) is 22.6. The van der Waals surface area contributed by atoms with Crippen molar-refractivity contribution < 1.29 is 0 Å². The van der Waals surface area contributed by atoms with Crippen LogP contribution in [0.2, 0.25) is 0 Å². The molecule has 0 aromatic heterocycles. The number of hydrogen-bond donors (Lipinski definition) is 0. The smallest absolute Gasteiger partial charge is 0.0532 e. The fourth-order valence-corrected chi connectivity index (χ4v) is 9.67. The second kappa shape index (κ2) is 10.2. The Bertz CT molecular complexity index is 2530. The first-order valence-electron chi connectivity index (χ1n) is 19.1. The summed E-state index contributed by atoms with van der Waals surface area (Å²) in [4.78, 5) is 5.29. The standard InChI is InChI=1S/C50H44N2/c1-49(2,3)41-21-37-17-33-15-29-11-7-9-13-31(29)25-43(33)51-45-28-36-20-40-24-42(50(4,5)6)22-38-18-34-16-30-12-8-10-14-32(30)26-44(34)52(48(38)40)46(36)27-35(45)19-39(23-41)47(37)51/h7-16,21-28H,17-20H2,1-6H3. The predicted molar refractivity (Wildman–Crippen MR) is 219 cm³/mol. The SMILES string of the molecule is CC(C)(C)c1cc2c3c(c1)Cc1cc4ccccc4cc1N3c1cc3c(cc1C2)N1c2cc4ccccc4cc2Cc2cc(C(C)(C)C)cc(c21)C3. The average molecular weight is 673 g/mol. The van der Waals surface area contributed by atoms with Gasteiger partial charge in [0.2, 0.25) is 0 Å². The van der Waals surface area contributed by atoms with Crippen molar-refractivity contribution in [2.45, 2.75) is 78.1 Å². The molecule has 0 atom stereocenters. The molecule has 7 aromatic rings. The molecule has 0 saturated heterocycles. The molecule has 254 valence electrons. The van der Waals surface area contributed by atoms with Gasteiger partial charge in [0.25, 0.3) is 0 Å². The fraction of sp³-hybridized carbons (Fsp3) is 0.240. The average Bonchev–Trinajstić information content (AvgIpc) is 3.11. The molecule has 2 nitrogen and oxygen atoms in total. The monoisotopic (exact) mass is 672 g/mol. The van der Waals surface area contributed by atoms with E-state index in [1.54, 1.807) is 0 Å². The third-order valence-electron chi connectivity index (χ3n) is 12.4. The van der Waals surface area contributed by atoms with Gasteiger partial charge in [0.15, 0.2) is 0 Å². The highest BCUT2D eigenvalue weighted by Crippen LogP contribution is 2.57. The van der Waals surface area contributed by atoms with Gasteiger partial charge in [0, 0.05) is 25.7 Å². The summed E-state index contributed by atoms with van der Waals surface area (Å²) in [7, 11) is 0. The minimum absolute atomic E-state index is 0.0719. The molecule has 11 rings (SSSR count). The number of benzene rings is 7. The van der Waals surface area contributed by atoms with Crippen LogP contribution < -0.4 is 9.80 Å². The first kappa shape index (κ1) is 30.3. The first-order valence-corrected chi connectivity index (χ1v) is 19.1. The second-order valence-corrected chi connectivity index (χ2v) is 17.9. The van der Waals surface area contributed by atoms with Crippen LogP contribution in [-0.4, -0.2) is 0 Å². The van der Waals surface area contributed by atoms with Crippen molar-refractivity contribution in [1.82, 2.24) is 0 Å². The van der Waals surface area contributed by atoms with E-state index >= 15 is 0 Å². The van der Waals surface area contributed by atoms with Crippen LogP contribution >= 0.6 is 0 Å². The molecular weight excluding hydrogens is 629 g/mol. The number of anilines is 6. The quantitative estimate of drug-likeness (QED) is 0.158. The van der Waals surface area contributed by atoms with Crippen molar-refractivity contribution in [2.75, 3.05) is 9.80 Å². The lowest BCUT2D eigenvalue weighted by molar-refractivity contribution is 0.588. The maximum absolute atomic E-state index is 2.64. The zero-order valence-electron chi connectivity index (χ0n) is 31.1. The molecule has 52 heavy (non-hydrogen) atoms. The normalized spacial score (nSPS) is 15.1. The molecule has 4 aliphatic rings. The molecule has 0 amide bonds. The highest BCUT2D eigenvalue weighted by Gasteiger charge is 2.38. The highest BCUT2D eigenvalue weighted by molar-refractivity contribution is 5.99. The highest BCUT2D eigenvalue weighted by atomic mass is 15.2. The maximum atomic E-state index is 2.64. The number of fused-ring (bicyclic) bond motifs is 10. The van der Waals surface area contributed by atoms with E-state index in [9.17, 15) is 0 Å². The van der Waals surface area contributed by atoms with Crippen molar-refractivity contribution >= 4 is 55.7 Å². The Labute approximate surface area is 307 Å². The van der Waals surface area contributed by atoms with Gasteiger partial charge in [-0.25, -0.2) is 0 Å². The Morgan fingerprint density at radius 3 is 0.962 bits per heavy atom. The Hall–Kier alpha value is -5.34. The van der Waals surface area contributed by atoms with Gasteiger partial charge < -0.3 is 9.80 Å². The fourth-order valence-electron chi connectivity index (χ4n) is 9.67. The lowest BCUT2D eigenvalue weighted by atomic mass is 9.77. The van der Waals surface area contributed by atoms with Gasteiger partial charge in [0.05, 0.1) is 34.1 Å². The van der Waals surface area contributed by atoms with Crippen LogP contribution in [-0.2, 0) is 36.5 Å². The summed E-state index contributed by atoms with van der Waals surface area (Å²) in [6.45, 7) is 14.1. The zero-order chi connectivity index (χ0) is 35.3. The van der Waals surface area contributed by atoms with E-state index < -0.39 is 0 Å². The van der Waals surface area contributed by atoms with Crippen molar-refractivity contribution in [3.63, 3.8) is 0 Å². The molecule has 0 N–H and O–H groups in total. The largest absolute Gasteiger partial charge is 0.309 e. The van der Waals surface area contributed by atoms with E-state index in [1.165, 1.54) is 111 Å². The molecule has 0 spiro atoms. The molecule has 0 radical (unpaired) electrons. The maximum Gasteiger partial charge on any atom is 0.0532 e. The van der Waals surface area contributed by atoms with Crippen molar-refractivity contribution in [3.05, 3.63) is 165 Å². The third-order valence-corrected chi connectivity index (χ3v) is 12.4. The molecule has 0 bridgehead atoms. The van der Waals surface area contributed by atoms with E-state index in [-0.39, 0.29) is 10.8 Å². The Balaban J connectivity index is 1.18. The number of rotatable bonds is 0. The first-order chi connectivity index (χ1) is 25.0. The topological polar surface area (TPSA) is 6.48 Å². The van der Waals surface area contributed by atoms with E-state index in [2.05, 4.69) is 161 Å². The molecule has 0 fully saturated rings. The summed E-state index contributed by atoms with van der Waals surface area (Å²) >= 11 is 0. The minimum Gasteiger partial charge on any atom is -0.309 e. The Kier molecular flexibility index (Phi) is 5.92. The van der Waals surface area contributed by atoms with Gasteiger partial charge in [-0.2, -0.15) is 0 Å². The second-order valence-electron chi connectivity index (χ2n) is 17.9. The molecule has 4 heterocycles. The van der Waals surface area contributed by atoms with Gasteiger partial charge in [-0.05, 0) is 124 Å². The summed E-state index contributed by atoms with van der Waals surface area (Å²) in [5, 5.41) is 5.24. The van der Waals surface area contributed by atoms with E-state index in [0.29, 0.717) is 0 Å². The lowest BCUT2D eigenvalue weighted by Gasteiger charge is -2.44. The molecule has 0 saturated carbocycles. The molecule has 7 aromatic carbocycles. The van der Waals surface area contributed by atoms with E-state index in [4.69, 9.17) is 0 Å². The van der Waals surface area contributed by atoms with Crippen LogP contribution in [0.5, 0.6) is 0 Å². The third kappa shape index (κ3) is 4.30. The van der Waals surface area contributed by atoms with Crippen LogP contribution in [0.15, 0.2) is 109 Å². The van der Waals surface area contributed by atoms with E-state index in [1.807, 2.05) is 0 Å². The lowest BCUT2D eigenvalue weighted by Crippen LogP contribution is -2.29. The van der Waals surface area contributed by atoms with Crippen molar-refractivity contribution in [1.29, 1.82) is 0 Å². The van der Waals surface area contributed by atoms with Gasteiger partial charge >= 0.3 is 0 Å². The van der Waals surface area contributed by atoms with Crippen molar-refractivity contribution in [2.24, 2.45) is 0 Å². The van der Waals surface area contributed by atoms with Crippen LogP contribution in [0.3, 0.4) is 0 Å². The van der Waals surface area contributed by atoms with Crippen molar-refractivity contribution in [3.8, 4) is 0 Å². The van der Waals surface area contributed by atoms with Crippen LogP contribution in [0, 0.1) is 0 Å². The van der Waals surface area contributed by atoms with Crippen LogP contribution in [0.25, 0.3) is 21.5 Å². The molecule has 0 unspecified atom stereocenters.